The van der Waals surface area contributed by atoms with Crippen LogP contribution in [0.3, 0.4) is 0 Å². The Morgan fingerprint density at radius 2 is 2.08 bits per heavy atom. The Labute approximate surface area is 139 Å². The van der Waals surface area contributed by atoms with E-state index in [4.69, 9.17) is 9.15 Å². The zero-order valence-electron chi connectivity index (χ0n) is 13.5. The van der Waals surface area contributed by atoms with E-state index in [2.05, 4.69) is 5.32 Å². The molecule has 1 N–H and O–H groups in total. The number of rotatable bonds is 3. The summed E-state index contributed by atoms with van der Waals surface area (Å²) in [5.41, 5.74) is 1.83. The van der Waals surface area contributed by atoms with Gasteiger partial charge in [0.1, 0.15) is 17.1 Å². The minimum atomic E-state index is -0.442. The molecule has 1 aromatic carbocycles. The molecule has 4 rings (SSSR count). The molecule has 2 aromatic rings. The predicted octanol–water partition coefficient (Wildman–Crippen LogP) is 3.10. The fraction of sp³-hybridized carbons (Fsp3) is 0.333. The first-order chi connectivity index (χ1) is 11.6. The number of anilines is 1. The summed E-state index contributed by atoms with van der Waals surface area (Å²) in [4.78, 5) is 26.6. The van der Waals surface area contributed by atoms with Crippen LogP contribution in [0.25, 0.3) is 0 Å². The number of nitrogens with zero attached hydrogens (tertiary/aromatic N) is 1. The number of furan rings is 1. The molecule has 2 aliphatic rings. The Bertz CT molecular complexity index is 822. The Morgan fingerprint density at radius 1 is 1.33 bits per heavy atom. The lowest BCUT2D eigenvalue weighted by atomic mass is 10.1. The molecule has 0 spiro atoms. The lowest BCUT2D eigenvalue weighted by Gasteiger charge is -2.36. The van der Waals surface area contributed by atoms with Crippen molar-refractivity contribution in [2.45, 2.75) is 32.0 Å². The van der Waals surface area contributed by atoms with E-state index in [1.165, 1.54) is 7.11 Å². The first-order valence-electron chi connectivity index (χ1n) is 7.97. The SMILES string of the molecule is COC(=O)c1cc(C2Nc3ccccc3C(=O)N2C2CC2)oc1C. The van der Waals surface area contributed by atoms with Crippen molar-refractivity contribution >= 4 is 17.6 Å². The Morgan fingerprint density at radius 3 is 2.79 bits per heavy atom. The third-order valence-corrected chi connectivity index (χ3v) is 4.51. The zero-order chi connectivity index (χ0) is 16.8. The molecule has 6 nitrogen and oxygen atoms in total. The average Bonchev–Trinajstić information content (AvgIpc) is 3.35. The molecule has 1 atom stereocenters. The first-order valence-corrected chi connectivity index (χ1v) is 7.97. The van der Waals surface area contributed by atoms with Gasteiger partial charge in [0.05, 0.1) is 12.7 Å². The lowest BCUT2D eigenvalue weighted by molar-refractivity contribution is 0.0597. The highest BCUT2D eigenvalue weighted by atomic mass is 16.5. The molecule has 6 heteroatoms. The van der Waals surface area contributed by atoms with Gasteiger partial charge in [-0.05, 0) is 38.0 Å². The summed E-state index contributed by atoms with van der Waals surface area (Å²) in [6, 6.07) is 9.31. The van der Waals surface area contributed by atoms with Gasteiger partial charge in [0, 0.05) is 11.7 Å². The van der Waals surface area contributed by atoms with Gasteiger partial charge in [0.2, 0.25) is 0 Å². The number of hydrogen-bond acceptors (Lipinski definition) is 5. The van der Waals surface area contributed by atoms with Crippen LogP contribution in [0.4, 0.5) is 5.69 Å². The molecule has 1 unspecified atom stereocenters. The van der Waals surface area contributed by atoms with Crippen LogP contribution >= 0.6 is 0 Å². The number of nitrogens with one attached hydrogen (secondary N) is 1. The lowest BCUT2D eigenvalue weighted by Crippen LogP contribution is -2.44. The number of fused-ring (bicyclic) bond motifs is 1. The summed E-state index contributed by atoms with van der Waals surface area (Å²) >= 11 is 0. The van der Waals surface area contributed by atoms with E-state index in [1.807, 2.05) is 29.2 Å². The maximum atomic E-state index is 12.9. The minimum Gasteiger partial charge on any atom is -0.465 e. The van der Waals surface area contributed by atoms with E-state index < -0.39 is 12.1 Å². The zero-order valence-corrected chi connectivity index (χ0v) is 13.5. The van der Waals surface area contributed by atoms with Crippen LogP contribution in [0.5, 0.6) is 0 Å². The van der Waals surface area contributed by atoms with Gasteiger partial charge in [0.25, 0.3) is 5.91 Å². The second kappa shape index (κ2) is 5.40. The Hall–Kier alpha value is -2.76. The molecule has 1 amide bonds. The molecule has 124 valence electrons. The van der Waals surface area contributed by atoms with Crippen molar-refractivity contribution in [2.75, 3.05) is 12.4 Å². The number of amides is 1. The van der Waals surface area contributed by atoms with Crippen molar-refractivity contribution < 1.29 is 18.7 Å². The summed E-state index contributed by atoms with van der Waals surface area (Å²) in [6.45, 7) is 1.72. The van der Waals surface area contributed by atoms with Crippen molar-refractivity contribution in [1.29, 1.82) is 0 Å². The number of ether oxygens (including phenoxy) is 1. The molecule has 0 bridgehead atoms. The molecule has 0 saturated heterocycles. The highest BCUT2D eigenvalue weighted by Crippen LogP contribution is 2.41. The van der Waals surface area contributed by atoms with Gasteiger partial charge in [-0.15, -0.1) is 0 Å². The van der Waals surface area contributed by atoms with Crippen molar-refractivity contribution in [3.63, 3.8) is 0 Å². The molecule has 24 heavy (non-hydrogen) atoms. The largest absolute Gasteiger partial charge is 0.465 e. The number of carbonyl (C=O) groups excluding carboxylic acids is 2. The second-order valence-corrected chi connectivity index (χ2v) is 6.15. The molecule has 2 heterocycles. The van der Waals surface area contributed by atoms with E-state index in [0.717, 1.165) is 18.5 Å². The molecule has 1 aliphatic carbocycles. The minimum absolute atomic E-state index is 0.00878. The Balaban J connectivity index is 1.76. The smallest absolute Gasteiger partial charge is 0.341 e. The molecule has 1 aliphatic heterocycles. The summed E-state index contributed by atoms with van der Waals surface area (Å²) < 4.78 is 10.6. The number of benzene rings is 1. The third-order valence-electron chi connectivity index (χ3n) is 4.51. The van der Waals surface area contributed by atoms with Gasteiger partial charge in [-0.25, -0.2) is 4.79 Å². The molecular weight excluding hydrogens is 308 g/mol. The molecule has 0 radical (unpaired) electrons. The number of para-hydroxylation sites is 1. The maximum absolute atomic E-state index is 12.9. The maximum Gasteiger partial charge on any atom is 0.341 e. The van der Waals surface area contributed by atoms with E-state index in [1.54, 1.807) is 13.0 Å². The summed E-state index contributed by atoms with van der Waals surface area (Å²) in [5, 5.41) is 3.37. The van der Waals surface area contributed by atoms with Gasteiger partial charge in [0.15, 0.2) is 6.17 Å². The van der Waals surface area contributed by atoms with Gasteiger partial charge in [-0.1, -0.05) is 12.1 Å². The van der Waals surface area contributed by atoms with Crippen LogP contribution < -0.4 is 5.32 Å². The quantitative estimate of drug-likeness (QED) is 0.878. The predicted molar refractivity (Wildman–Crippen MR) is 86.8 cm³/mol. The summed E-state index contributed by atoms with van der Waals surface area (Å²) in [7, 11) is 1.34. The van der Waals surface area contributed by atoms with E-state index in [9.17, 15) is 9.59 Å². The number of hydrogen-bond donors (Lipinski definition) is 1. The third kappa shape index (κ3) is 2.26. The fourth-order valence-electron chi connectivity index (χ4n) is 3.16. The number of esters is 1. The van der Waals surface area contributed by atoms with Gasteiger partial charge in [-0.2, -0.15) is 0 Å². The van der Waals surface area contributed by atoms with Gasteiger partial charge < -0.3 is 19.4 Å². The average molecular weight is 326 g/mol. The van der Waals surface area contributed by atoms with Crippen LogP contribution in [-0.2, 0) is 4.74 Å². The van der Waals surface area contributed by atoms with Crippen LogP contribution in [0, 0.1) is 6.92 Å². The molecule has 1 aromatic heterocycles. The summed E-state index contributed by atoms with van der Waals surface area (Å²) in [6.07, 6.45) is 1.54. The second-order valence-electron chi connectivity index (χ2n) is 6.15. The Kier molecular flexibility index (Phi) is 3.33. The van der Waals surface area contributed by atoms with Gasteiger partial charge >= 0.3 is 5.97 Å². The summed E-state index contributed by atoms with van der Waals surface area (Å²) in [5.74, 6) is 0.580. The van der Waals surface area contributed by atoms with Gasteiger partial charge in [-0.3, -0.25) is 4.79 Å². The normalized spacial score (nSPS) is 19.7. The van der Waals surface area contributed by atoms with E-state index in [0.29, 0.717) is 22.6 Å². The topological polar surface area (TPSA) is 71.8 Å². The van der Waals surface area contributed by atoms with E-state index >= 15 is 0 Å². The van der Waals surface area contributed by atoms with Crippen LogP contribution in [0.2, 0.25) is 0 Å². The van der Waals surface area contributed by atoms with Crippen molar-refractivity contribution in [3.05, 3.63) is 53.0 Å². The van der Waals surface area contributed by atoms with Crippen molar-refractivity contribution in [1.82, 2.24) is 4.90 Å². The van der Waals surface area contributed by atoms with Crippen molar-refractivity contribution in [2.24, 2.45) is 0 Å². The van der Waals surface area contributed by atoms with E-state index in [-0.39, 0.29) is 11.9 Å². The number of aryl methyl sites for hydroxylation is 1. The van der Waals surface area contributed by atoms with Crippen LogP contribution in [0.15, 0.2) is 34.7 Å². The fourth-order valence-corrected chi connectivity index (χ4v) is 3.16. The highest BCUT2D eigenvalue weighted by Gasteiger charge is 2.43. The highest BCUT2D eigenvalue weighted by molar-refractivity contribution is 6.02. The molecule has 1 saturated carbocycles. The van der Waals surface area contributed by atoms with Crippen LogP contribution in [0.1, 0.15) is 51.2 Å². The standard InChI is InChI=1S/C18H18N2O4/c1-10-13(18(22)23-2)9-15(24-10)16-19-14-6-4-3-5-12(14)17(21)20(16)11-7-8-11/h3-6,9,11,16,19H,7-8H2,1-2H3. The number of methoxy groups -OCH3 is 1. The number of carbonyl (C=O) groups is 2. The first kappa shape index (κ1) is 14.8. The van der Waals surface area contributed by atoms with Crippen LogP contribution in [-0.4, -0.2) is 29.9 Å². The molecule has 1 fully saturated rings. The molecular formula is C18H18N2O4. The van der Waals surface area contributed by atoms with Crippen molar-refractivity contribution in [3.8, 4) is 0 Å². The monoisotopic (exact) mass is 326 g/mol.